The molecule has 3 N–H and O–H groups in total. The van der Waals surface area contributed by atoms with E-state index in [1.54, 1.807) is 30.5 Å². The summed E-state index contributed by atoms with van der Waals surface area (Å²) in [4.78, 5) is 30.4. The molecule has 2 aromatic heterocycles. The highest BCUT2D eigenvalue weighted by atomic mass is 35.5. The number of halogens is 4. The van der Waals surface area contributed by atoms with Crippen molar-refractivity contribution in [3.63, 3.8) is 0 Å². The third-order valence-electron chi connectivity index (χ3n) is 6.06. The highest BCUT2D eigenvalue weighted by Crippen LogP contribution is 2.43. The van der Waals surface area contributed by atoms with Crippen molar-refractivity contribution in [2.75, 3.05) is 12.3 Å². The maximum Gasteiger partial charge on any atom is 0.491 e. The second kappa shape index (κ2) is 9.93. The van der Waals surface area contributed by atoms with Crippen LogP contribution in [0, 0.1) is 0 Å². The number of amides is 1. The summed E-state index contributed by atoms with van der Waals surface area (Å²) < 4.78 is 71.6. The van der Waals surface area contributed by atoms with Crippen molar-refractivity contribution in [2.24, 2.45) is 0 Å². The SMILES string of the molecule is Nc1ccnc2cc(CN3CC[C@@H](NS(=O)(=O)c4sc5cc(Cl)ccc5c4OC(=O)C(F)(F)F)C3=O)ccc12. The summed E-state index contributed by atoms with van der Waals surface area (Å²) in [6, 6.07) is 9.74. The number of nitrogen functional groups attached to an aromatic ring is 1. The Morgan fingerprint density at radius 3 is 2.69 bits per heavy atom. The average Bonchev–Trinajstić information content (AvgIpc) is 3.38. The van der Waals surface area contributed by atoms with Crippen LogP contribution in [-0.4, -0.2) is 48.9 Å². The van der Waals surface area contributed by atoms with E-state index in [1.807, 2.05) is 0 Å². The van der Waals surface area contributed by atoms with Gasteiger partial charge in [-0.15, -0.1) is 11.3 Å². The lowest BCUT2D eigenvalue weighted by atomic mass is 10.1. The Hall–Kier alpha value is -3.46. The van der Waals surface area contributed by atoms with E-state index in [9.17, 15) is 31.2 Å². The normalized spacial score (nSPS) is 16.4. The van der Waals surface area contributed by atoms with Gasteiger partial charge in [0, 0.05) is 45.5 Å². The highest BCUT2D eigenvalue weighted by Gasteiger charge is 2.43. The van der Waals surface area contributed by atoms with Crippen molar-refractivity contribution in [3.05, 3.63) is 59.2 Å². The fraction of sp³-hybridized carbons (Fsp3) is 0.208. The minimum atomic E-state index is -5.36. The molecule has 0 spiro atoms. The molecule has 0 aliphatic carbocycles. The number of pyridine rings is 1. The quantitative estimate of drug-likeness (QED) is 0.318. The van der Waals surface area contributed by atoms with Crippen LogP contribution < -0.4 is 15.2 Å². The average molecular weight is 599 g/mol. The van der Waals surface area contributed by atoms with Gasteiger partial charge in [0.05, 0.1) is 5.52 Å². The summed E-state index contributed by atoms with van der Waals surface area (Å²) in [5, 5.41) is 0.904. The molecule has 0 unspecified atom stereocenters. The zero-order valence-corrected chi connectivity index (χ0v) is 22.0. The number of hydrogen-bond donors (Lipinski definition) is 2. The lowest BCUT2D eigenvalue weighted by molar-refractivity contribution is -0.189. The summed E-state index contributed by atoms with van der Waals surface area (Å²) >= 11 is 6.51. The predicted molar refractivity (Wildman–Crippen MR) is 139 cm³/mol. The largest absolute Gasteiger partial charge is 0.491 e. The number of alkyl halides is 3. The van der Waals surface area contributed by atoms with Gasteiger partial charge in [-0.1, -0.05) is 23.7 Å². The number of ether oxygens (including phenoxy) is 1. The molecule has 1 amide bonds. The molecule has 0 radical (unpaired) electrons. The first-order valence-electron chi connectivity index (χ1n) is 11.3. The summed E-state index contributed by atoms with van der Waals surface area (Å²) in [5.74, 6) is -3.88. The smallest absolute Gasteiger partial charge is 0.417 e. The Kier molecular flexibility index (Phi) is 6.91. The van der Waals surface area contributed by atoms with Gasteiger partial charge in [-0.25, -0.2) is 13.2 Å². The molecule has 9 nitrogen and oxygen atoms in total. The van der Waals surface area contributed by atoms with E-state index in [4.69, 9.17) is 17.3 Å². The third-order valence-corrected chi connectivity index (χ3v) is 9.40. The van der Waals surface area contributed by atoms with Crippen LogP contribution in [0.1, 0.15) is 12.0 Å². The van der Waals surface area contributed by atoms with Gasteiger partial charge in [0.15, 0.2) is 9.96 Å². The number of fused-ring (bicyclic) bond motifs is 2. The molecule has 2 aromatic carbocycles. The number of carbonyl (C=O) groups excluding carboxylic acids is 2. The summed E-state index contributed by atoms with van der Waals surface area (Å²) in [6.07, 6.45) is -3.68. The fourth-order valence-electron chi connectivity index (χ4n) is 4.23. The number of nitrogens with one attached hydrogen (secondary N) is 1. The van der Waals surface area contributed by atoms with Crippen LogP contribution in [0.3, 0.4) is 0 Å². The summed E-state index contributed by atoms with van der Waals surface area (Å²) in [6.45, 7) is 0.408. The van der Waals surface area contributed by atoms with Crippen molar-refractivity contribution >= 4 is 71.5 Å². The third kappa shape index (κ3) is 5.37. The topological polar surface area (TPSA) is 132 Å². The zero-order valence-electron chi connectivity index (χ0n) is 19.7. The first kappa shape index (κ1) is 27.1. The molecule has 204 valence electrons. The number of nitrogens with zero attached hydrogens (tertiary/aromatic N) is 2. The van der Waals surface area contributed by atoms with Gasteiger partial charge in [-0.05, 0) is 42.3 Å². The molecule has 39 heavy (non-hydrogen) atoms. The van der Waals surface area contributed by atoms with Gasteiger partial charge < -0.3 is 15.4 Å². The summed E-state index contributed by atoms with van der Waals surface area (Å²) in [7, 11) is -4.59. The molecule has 4 aromatic rings. The van der Waals surface area contributed by atoms with E-state index in [0.29, 0.717) is 22.5 Å². The lowest BCUT2D eigenvalue weighted by Crippen LogP contribution is -2.41. The minimum absolute atomic E-state index is 0.0488. The number of benzene rings is 2. The van der Waals surface area contributed by atoms with E-state index in [0.717, 1.165) is 10.9 Å². The van der Waals surface area contributed by atoms with Gasteiger partial charge in [0.2, 0.25) is 5.91 Å². The first-order chi connectivity index (χ1) is 18.3. The van der Waals surface area contributed by atoms with Crippen LogP contribution >= 0.6 is 22.9 Å². The Morgan fingerprint density at radius 2 is 1.95 bits per heavy atom. The number of carbonyl (C=O) groups is 2. The maximum absolute atomic E-state index is 13.3. The number of hydrogen-bond acceptors (Lipinski definition) is 8. The predicted octanol–water partition coefficient (Wildman–Crippen LogP) is 4.23. The highest BCUT2D eigenvalue weighted by molar-refractivity contribution is 7.92. The molecule has 15 heteroatoms. The molecule has 1 aliphatic rings. The molecular formula is C24H18ClF3N4O5S2. The van der Waals surface area contributed by atoms with Crippen molar-refractivity contribution in [2.45, 2.75) is 29.4 Å². The van der Waals surface area contributed by atoms with Crippen LogP contribution in [0.4, 0.5) is 18.9 Å². The zero-order chi connectivity index (χ0) is 28.1. The number of nitrogens with two attached hydrogens (primary N) is 1. The Bertz CT molecular complexity index is 1740. The van der Waals surface area contributed by atoms with Crippen molar-refractivity contribution < 1.29 is 35.9 Å². The summed E-state index contributed by atoms with van der Waals surface area (Å²) in [5.41, 5.74) is 7.90. The molecule has 1 atom stereocenters. The maximum atomic E-state index is 13.3. The van der Waals surface area contributed by atoms with Gasteiger partial charge >= 0.3 is 12.1 Å². The molecule has 0 bridgehead atoms. The number of likely N-dealkylation sites (tertiary alicyclic amines) is 1. The molecule has 1 fully saturated rings. The van der Waals surface area contributed by atoms with Crippen LogP contribution in [0.15, 0.2) is 52.9 Å². The number of anilines is 1. The molecule has 1 aliphatic heterocycles. The van der Waals surface area contributed by atoms with E-state index in [2.05, 4.69) is 14.4 Å². The standard InChI is InChI=1S/C24H18ClF3N4O5S2/c25-13-2-4-15-19(10-13)38-22(20(15)37-23(34)24(26,27)28)39(35,36)31-17-6-8-32(21(17)33)11-12-1-3-14-16(29)5-7-30-18(14)9-12/h1-5,7,9-10,17,31H,6,8,11H2,(H2,29,30)/t17-/m1/s1. The van der Waals surface area contributed by atoms with Gasteiger partial charge in [-0.3, -0.25) is 9.78 Å². The fourth-order valence-corrected chi connectivity index (χ4v) is 7.32. The van der Waals surface area contributed by atoms with Crippen molar-refractivity contribution in [3.8, 4) is 5.75 Å². The molecule has 5 rings (SSSR count). The van der Waals surface area contributed by atoms with Crippen LogP contribution in [0.2, 0.25) is 5.02 Å². The number of rotatable bonds is 6. The van der Waals surface area contributed by atoms with E-state index >= 15 is 0 Å². The first-order valence-corrected chi connectivity index (χ1v) is 14.0. The van der Waals surface area contributed by atoms with Gasteiger partial charge in [0.1, 0.15) is 6.04 Å². The van der Waals surface area contributed by atoms with E-state index < -0.39 is 44.1 Å². The number of aromatic nitrogens is 1. The molecular weight excluding hydrogens is 581 g/mol. The van der Waals surface area contributed by atoms with Crippen LogP contribution in [0.5, 0.6) is 5.75 Å². The van der Waals surface area contributed by atoms with Crippen molar-refractivity contribution in [1.82, 2.24) is 14.6 Å². The monoisotopic (exact) mass is 598 g/mol. The van der Waals surface area contributed by atoms with Crippen LogP contribution in [-0.2, 0) is 26.2 Å². The van der Waals surface area contributed by atoms with Gasteiger partial charge in [0.25, 0.3) is 10.0 Å². The lowest BCUT2D eigenvalue weighted by Gasteiger charge is -2.18. The second-order valence-corrected chi connectivity index (χ2v) is 12.1. The van der Waals surface area contributed by atoms with E-state index in [1.165, 1.54) is 23.1 Å². The number of thiophene rings is 1. The number of esters is 1. The minimum Gasteiger partial charge on any atom is -0.417 e. The second-order valence-electron chi connectivity index (χ2n) is 8.72. The molecule has 1 saturated heterocycles. The Balaban J connectivity index is 1.39. The van der Waals surface area contributed by atoms with Crippen molar-refractivity contribution in [1.29, 1.82) is 0 Å². The number of sulfonamides is 1. The van der Waals surface area contributed by atoms with E-state index in [-0.39, 0.29) is 34.6 Å². The van der Waals surface area contributed by atoms with Gasteiger partial charge in [-0.2, -0.15) is 17.9 Å². The Morgan fingerprint density at radius 1 is 1.21 bits per heavy atom. The molecule has 0 saturated carbocycles. The van der Waals surface area contributed by atoms with Crippen LogP contribution in [0.25, 0.3) is 21.0 Å². The Labute approximate surface area is 228 Å². The molecule has 3 heterocycles.